The first kappa shape index (κ1) is 71.2. The molecule has 9 amide bonds. The molecule has 1 rings (SSSR count). The maximum absolute atomic E-state index is 14.4. The third-order valence-corrected chi connectivity index (χ3v) is 12.5. The van der Waals surface area contributed by atoms with Crippen molar-refractivity contribution in [3.63, 3.8) is 0 Å². The van der Waals surface area contributed by atoms with Crippen LogP contribution in [0.15, 0.2) is 29.3 Å². The van der Waals surface area contributed by atoms with Gasteiger partial charge in [0.2, 0.25) is 53.2 Å². The number of rotatable bonds is 39. The van der Waals surface area contributed by atoms with Gasteiger partial charge in [0.05, 0.1) is 17.5 Å². The molecule has 18 N–H and O–H groups in total. The van der Waals surface area contributed by atoms with E-state index in [2.05, 4.69) is 52.8 Å². The van der Waals surface area contributed by atoms with Crippen molar-refractivity contribution in [2.75, 3.05) is 19.6 Å². The number of Topliss-reactive ketones (excluding diaryl/α,β-unsaturated/α-hetero) is 1. The highest BCUT2D eigenvalue weighted by Gasteiger charge is 2.36. The fraction of sp³-hybridized carbons (Fsp3) is 0.654. The average Bonchev–Trinajstić information content (AvgIpc) is 3.39. The number of unbranched alkanes of at least 4 members (excludes halogenated alkanes) is 2. The number of hydrogen-bond donors (Lipinski definition) is 14. The third-order valence-electron chi connectivity index (χ3n) is 12.5. The van der Waals surface area contributed by atoms with E-state index in [1.165, 1.54) is 32.9 Å². The second kappa shape index (κ2) is 37.2. The number of amides is 9. The van der Waals surface area contributed by atoms with Crippen molar-refractivity contribution in [1.29, 1.82) is 0 Å². The zero-order chi connectivity index (χ0) is 61.5. The second-order valence-electron chi connectivity index (χ2n) is 20.6. The molecular formula is C52H87N15O14. The molecule has 0 aliphatic carbocycles. The number of carbonyl (C=O) groups is 11. The van der Waals surface area contributed by atoms with Crippen LogP contribution < -0.4 is 70.8 Å². The summed E-state index contributed by atoms with van der Waals surface area (Å²) in [7, 11) is 0. The molecule has 29 nitrogen and oxygen atoms in total. The summed E-state index contributed by atoms with van der Waals surface area (Å²) in [6, 6.07) is -6.84. The molecule has 29 heteroatoms. The van der Waals surface area contributed by atoms with Crippen LogP contribution in [0.1, 0.15) is 132 Å². The van der Waals surface area contributed by atoms with Gasteiger partial charge in [-0.2, -0.15) is 0 Å². The first-order valence-corrected chi connectivity index (χ1v) is 27.2. The van der Waals surface area contributed by atoms with Crippen LogP contribution in [0.25, 0.3) is 0 Å². The number of aliphatic imine (C=N–C) groups is 1. The first-order chi connectivity index (χ1) is 38.0. The lowest BCUT2D eigenvalue weighted by Gasteiger charge is -2.29. The number of guanidine groups is 1. The quantitative estimate of drug-likeness (QED) is 0.0112. The minimum atomic E-state index is -1.64. The number of carboxylic acids is 1. The highest BCUT2D eigenvalue weighted by atomic mass is 16.6. The van der Waals surface area contributed by atoms with Crippen molar-refractivity contribution in [1.82, 2.24) is 47.9 Å². The number of non-ortho nitro benzene ring substituents is 1. The smallest absolute Gasteiger partial charge is 0.303 e. The van der Waals surface area contributed by atoms with Crippen molar-refractivity contribution in [3.8, 4) is 0 Å². The monoisotopic (exact) mass is 1150 g/mol. The van der Waals surface area contributed by atoms with Crippen molar-refractivity contribution < 1.29 is 62.8 Å². The lowest BCUT2D eigenvalue weighted by molar-refractivity contribution is -0.384. The Kier molecular flexibility index (Phi) is 32.7. The Labute approximate surface area is 472 Å². The highest BCUT2D eigenvalue weighted by molar-refractivity contribution is 5.98. The fourth-order valence-electron chi connectivity index (χ4n) is 7.82. The highest BCUT2D eigenvalue weighted by Crippen LogP contribution is 2.16. The van der Waals surface area contributed by atoms with Gasteiger partial charge in [-0.15, -0.1) is 0 Å². The number of nitro groups is 1. The summed E-state index contributed by atoms with van der Waals surface area (Å²) in [5.74, 6) is -10.3. The van der Waals surface area contributed by atoms with E-state index in [9.17, 15) is 68.0 Å². The molecule has 0 fully saturated rings. The minimum absolute atomic E-state index is 0.0342. The van der Waals surface area contributed by atoms with Gasteiger partial charge in [0.15, 0.2) is 5.96 Å². The Hall–Kier alpha value is -7.82. The van der Waals surface area contributed by atoms with Gasteiger partial charge in [0, 0.05) is 31.5 Å². The molecule has 1 aromatic rings. The van der Waals surface area contributed by atoms with Crippen LogP contribution in [-0.2, 0) is 59.2 Å². The molecule has 9 atom stereocenters. The van der Waals surface area contributed by atoms with Gasteiger partial charge in [-0.3, -0.25) is 67.8 Å². The van der Waals surface area contributed by atoms with Crippen LogP contribution in [0.4, 0.5) is 5.69 Å². The SMILES string of the molecule is CCCC[C@H](NC(=O)[C@H](C)NC(=O)[C@H](CCC(=O)O)NC(=O)[C@H](Cc1ccc([N+](=O)[O-])cc1)NC(=O)[C@H](CC(C)C)NC(=O)[C@@H](NC(=O)[C@H](CCCN=C(N)N)NC(=O)[C@H](C)NC(=O)[C@@H](N)CCCCN)C(C)C)C(=O)NCC(C)=O. The van der Waals surface area contributed by atoms with Crippen molar-refractivity contribution >= 4 is 76.6 Å². The van der Waals surface area contributed by atoms with Crippen molar-refractivity contribution in [2.45, 2.75) is 187 Å². The van der Waals surface area contributed by atoms with Gasteiger partial charge in [-0.05, 0) is 89.7 Å². The molecule has 0 aliphatic heterocycles. The first-order valence-electron chi connectivity index (χ1n) is 27.2. The second-order valence-corrected chi connectivity index (χ2v) is 20.6. The molecule has 0 aliphatic rings. The normalized spacial score (nSPS) is 14.4. The maximum Gasteiger partial charge on any atom is 0.303 e. The number of carboxylic acid groups (broad SMARTS) is 1. The average molecular weight is 1150 g/mol. The van der Waals surface area contributed by atoms with Crippen LogP contribution >= 0.6 is 0 Å². The summed E-state index contributed by atoms with van der Waals surface area (Å²) in [4.78, 5) is 161. The summed E-state index contributed by atoms with van der Waals surface area (Å²) in [5, 5.41) is 44.0. The van der Waals surface area contributed by atoms with Crippen LogP contribution in [0, 0.1) is 22.0 Å². The van der Waals surface area contributed by atoms with Crippen molar-refractivity contribution in [3.05, 3.63) is 39.9 Å². The molecule has 454 valence electrons. The third kappa shape index (κ3) is 28.2. The number of nitrogens with zero attached hydrogens (tertiary/aromatic N) is 2. The molecule has 0 aromatic heterocycles. The van der Waals surface area contributed by atoms with E-state index in [1.807, 2.05) is 6.92 Å². The van der Waals surface area contributed by atoms with Crippen molar-refractivity contribution in [2.24, 2.45) is 39.8 Å². The van der Waals surface area contributed by atoms with E-state index >= 15 is 0 Å². The molecule has 0 saturated carbocycles. The Morgan fingerprint density at radius 1 is 0.605 bits per heavy atom. The number of aliphatic carboxylic acids is 1. The summed E-state index contributed by atoms with van der Waals surface area (Å²) in [6.07, 6.45) is 1.51. The summed E-state index contributed by atoms with van der Waals surface area (Å²) < 4.78 is 0. The number of carbonyl (C=O) groups excluding carboxylic acids is 10. The van der Waals surface area contributed by atoms with Gasteiger partial charge < -0.3 is 75.9 Å². The minimum Gasteiger partial charge on any atom is -0.481 e. The Morgan fingerprint density at radius 3 is 1.62 bits per heavy atom. The maximum atomic E-state index is 14.4. The van der Waals surface area contributed by atoms with Gasteiger partial charge in [-0.25, -0.2) is 0 Å². The number of benzene rings is 1. The van der Waals surface area contributed by atoms with Crippen LogP contribution in [0.3, 0.4) is 0 Å². The number of nitrogens with one attached hydrogen (secondary N) is 9. The predicted octanol–water partition coefficient (Wildman–Crippen LogP) is -1.97. The van der Waals surface area contributed by atoms with Crippen LogP contribution in [0.5, 0.6) is 0 Å². The standard InChI is InChI=1S/C52H87N15O14/c1-9-10-15-36(46(74)58-27-30(6)68)61-44(72)32(8)60-47(75)38(21-22-41(69)70)63-50(78)40(26-33-17-19-34(20-18-33)67(80)81)64-49(77)39(25-28(2)3)65-51(79)42(29(4)5)66-48(76)37(16-13-24-57-52(55)56)62-43(71)31(7)59-45(73)35(54)14-11-12-23-53/h17-20,28-29,31-32,35-40,42H,9-16,21-27,53-54H2,1-8H3,(H,58,74)(H,59,73)(H,60,75)(H,61,72)(H,62,71)(H,63,78)(H,64,77)(H,65,79)(H,66,76)(H,69,70)(H4,55,56,57)/t31-,32-,35-,36-,37-,38-,39-,40-,42-/m0/s1. The topological polar surface area (TPSA) is 476 Å². The lowest BCUT2D eigenvalue weighted by atomic mass is 9.98. The molecule has 1 aromatic carbocycles. The number of nitro benzene ring substituents is 1. The molecule has 81 heavy (non-hydrogen) atoms. The number of nitrogens with two attached hydrogens (primary N) is 4. The number of hydrogen-bond acceptors (Lipinski definition) is 16. The zero-order valence-electron chi connectivity index (χ0n) is 47.7. The fourth-order valence-corrected chi connectivity index (χ4v) is 7.82. The Bertz CT molecular complexity index is 2330. The molecule has 0 unspecified atom stereocenters. The van der Waals surface area contributed by atoms with E-state index < -0.39 is 137 Å². The largest absolute Gasteiger partial charge is 0.481 e. The molecule has 0 spiro atoms. The number of ketones is 1. The van der Waals surface area contributed by atoms with Gasteiger partial charge in [0.25, 0.3) is 5.69 Å². The summed E-state index contributed by atoms with van der Waals surface area (Å²) in [6.45, 7) is 12.7. The van der Waals surface area contributed by atoms with Gasteiger partial charge >= 0.3 is 5.97 Å². The van der Waals surface area contributed by atoms with Gasteiger partial charge in [-0.1, -0.05) is 66.0 Å². The van der Waals surface area contributed by atoms with E-state index in [0.717, 1.165) is 12.1 Å². The molecular weight excluding hydrogens is 1060 g/mol. The van der Waals surface area contributed by atoms with Gasteiger partial charge in [0.1, 0.15) is 54.1 Å². The predicted molar refractivity (Wildman–Crippen MR) is 299 cm³/mol. The zero-order valence-corrected chi connectivity index (χ0v) is 47.7. The molecule has 0 radical (unpaired) electrons. The summed E-state index contributed by atoms with van der Waals surface area (Å²) >= 11 is 0. The summed E-state index contributed by atoms with van der Waals surface area (Å²) in [5.41, 5.74) is 22.5. The molecule has 0 bridgehead atoms. The molecule has 0 saturated heterocycles. The van der Waals surface area contributed by atoms with E-state index in [-0.39, 0.29) is 74.1 Å². The molecule has 0 heterocycles. The Balaban J connectivity index is 3.59. The van der Waals surface area contributed by atoms with E-state index in [0.29, 0.717) is 38.6 Å². The van der Waals surface area contributed by atoms with Crippen LogP contribution in [-0.4, -0.2) is 155 Å². The van der Waals surface area contributed by atoms with Crippen LogP contribution in [0.2, 0.25) is 0 Å². The van der Waals surface area contributed by atoms with E-state index in [1.54, 1.807) is 27.7 Å². The lowest BCUT2D eigenvalue weighted by Crippen LogP contribution is -2.61. The Morgan fingerprint density at radius 2 is 1.10 bits per heavy atom. The van der Waals surface area contributed by atoms with E-state index in [4.69, 9.17) is 22.9 Å².